The molecule has 0 aliphatic rings. The van der Waals surface area contributed by atoms with Gasteiger partial charge in [0.15, 0.2) is 0 Å². The van der Waals surface area contributed by atoms with Gasteiger partial charge in [-0.15, -0.1) is 11.8 Å². The van der Waals surface area contributed by atoms with Gasteiger partial charge in [0.05, 0.1) is 12.8 Å². The zero-order valence-electron chi connectivity index (χ0n) is 15.9. The lowest BCUT2D eigenvalue weighted by Crippen LogP contribution is -2.23. The minimum absolute atomic E-state index is 0.0898. The van der Waals surface area contributed by atoms with Crippen LogP contribution in [-0.4, -0.2) is 33.3 Å². The van der Waals surface area contributed by atoms with Gasteiger partial charge < -0.3 is 9.26 Å². The van der Waals surface area contributed by atoms with Crippen LogP contribution in [0.5, 0.6) is 5.75 Å². The number of hydrogen-bond donors (Lipinski definition) is 0. The quantitative estimate of drug-likeness (QED) is 0.451. The van der Waals surface area contributed by atoms with E-state index >= 15 is 0 Å². The Bertz CT molecular complexity index is 1190. The molecule has 146 valence electrons. The Morgan fingerprint density at radius 2 is 1.90 bits per heavy atom. The van der Waals surface area contributed by atoms with Gasteiger partial charge in [0, 0.05) is 22.1 Å². The standard InChI is InChI=1S/C21H18N4O3S/c1-27-16-5-3-4-15(12-16)18-10-11-20(26)25(23-18)13-19-22-21(24-28-19)14-6-8-17(29-2)9-7-14/h3-12H,13H2,1-2H3. The fourth-order valence-electron chi connectivity index (χ4n) is 2.80. The van der Waals surface area contributed by atoms with E-state index in [0.717, 1.165) is 21.8 Å². The van der Waals surface area contributed by atoms with Gasteiger partial charge in [-0.2, -0.15) is 10.1 Å². The second-order valence-corrected chi connectivity index (χ2v) is 7.07. The van der Waals surface area contributed by atoms with Crippen molar-refractivity contribution in [1.82, 2.24) is 19.9 Å². The first-order chi connectivity index (χ1) is 14.2. The number of thioether (sulfide) groups is 1. The van der Waals surface area contributed by atoms with Crippen LogP contribution in [0.1, 0.15) is 5.89 Å². The normalized spacial score (nSPS) is 10.8. The van der Waals surface area contributed by atoms with Gasteiger partial charge in [-0.05, 0) is 48.7 Å². The van der Waals surface area contributed by atoms with E-state index in [0.29, 0.717) is 17.4 Å². The minimum Gasteiger partial charge on any atom is -0.497 e. The van der Waals surface area contributed by atoms with E-state index in [1.807, 2.05) is 54.8 Å². The summed E-state index contributed by atoms with van der Waals surface area (Å²) in [4.78, 5) is 17.8. The maximum atomic E-state index is 12.3. The number of hydrogen-bond acceptors (Lipinski definition) is 7. The van der Waals surface area contributed by atoms with Crippen LogP contribution in [0.4, 0.5) is 0 Å². The van der Waals surface area contributed by atoms with Gasteiger partial charge in [0.1, 0.15) is 12.3 Å². The van der Waals surface area contributed by atoms with Crippen molar-refractivity contribution in [1.29, 1.82) is 0 Å². The average Bonchev–Trinajstić information content (AvgIpc) is 3.24. The molecule has 0 saturated heterocycles. The molecule has 2 heterocycles. The van der Waals surface area contributed by atoms with Crippen molar-refractivity contribution in [2.24, 2.45) is 0 Å². The lowest BCUT2D eigenvalue weighted by Gasteiger charge is -2.06. The molecule has 4 rings (SSSR count). The molecule has 2 aromatic carbocycles. The summed E-state index contributed by atoms with van der Waals surface area (Å²) in [6.07, 6.45) is 2.02. The number of ether oxygens (including phenoxy) is 1. The zero-order chi connectivity index (χ0) is 20.2. The molecule has 8 heteroatoms. The van der Waals surface area contributed by atoms with E-state index in [-0.39, 0.29) is 12.1 Å². The summed E-state index contributed by atoms with van der Waals surface area (Å²) in [5.74, 6) is 1.51. The molecular weight excluding hydrogens is 388 g/mol. The molecular formula is C21H18N4O3S. The van der Waals surface area contributed by atoms with Crippen molar-refractivity contribution in [3.05, 3.63) is 76.9 Å². The van der Waals surface area contributed by atoms with Gasteiger partial charge in [-0.1, -0.05) is 17.3 Å². The highest BCUT2D eigenvalue weighted by atomic mass is 32.2. The average molecular weight is 406 g/mol. The summed E-state index contributed by atoms with van der Waals surface area (Å²) in [6, 6.07) is 18.5. The number of benzene rings is 2. The Morgan fingerprint density at radius 1 is 1.07 bits per heavy atom. The number of nitrogens with zero attached hydrogens (tertiary/aromatic N) is 4. The Balaban J connectivity index is 1.59. The number of aromatic nitrogens is 4. The van der Waals surface area contributed by atoms with Crippen molar-refractivity contribution in [3.63, 3.8) is 0 Å². The second-order valence-electron chi connectivity index (χ2n) is 6.19. The molecule has 0 saturated carbocycles. The third-order valence-electron chi connectivity index (χ3n) is 4.33. The maximum Gasteiger partial charge on any atom is 0.267 e. The van der Waals surface area contributed by atoms with Crippen LogP contribution in [0.3, 0.4) is 0 Å². The molecule has 0 unspecified atom stereocenters. The summed E-state index contributed by atoms with van der Waals surface area (Å²) in [5.41, 5.74) is 2.10. The van der Waals surface area contributed by atoms with Crippen LogP contribution >= 0.6 is 11.8 Å². The van der Waals surface area contributed by atoms with Crippen LogP contribution < -0.4 is 10.3 Å². The topological polar surface area (TPSA) is 83.0 Å². The summed E-state index contributed by atoms with van der Waals surface area (Å²) < 4.78 is 11.9. The molecule has 0 N–H and O–H groups in total. The summed E-state index contributed by atoms with van der Waals surface area (Å²) in [7, 11) is 1.61. The molecule has 2 aromatic heterocycles. The van der Waals surface area contributed by atoms with Crippen LogP contribution in [0.15, 0.2) is 74.9 Å². The van der Waals surface area contributed by atoms with Gasteiger partial charge >= 0.3 is 0 Å². The highest BCUT2D eigenvalue weighted by molar-refractivity contribution is 7.98. The highest BCUT2D eigenvalue weighted by Gasteiger charge is 2.12. The third kappa shape index (κ3) is 4.22. The van der Waals surface area contributed by atoms with Crippen molar-refractivity contribution in [2.75, 3.05) is 13.4 Å². The van der Waals surface area contributed by atoms with Crippen LogP contribution in [0, 0.1) is 0 Å². The van der Waals surface area contributed by atoms with Crippen LogP contribution in [-0.2, 0) is 6.54 Å². The predicted octanol–water partition coefficient (Wildman–Crippen LogP) is 3.74. The molecule has 0 aliphatic heterocycles. The van der Waals surface area contributed by atoms with Gasteiger partial charge in [-0.25, -0.2) is 4.68 Å². The van der Waals surface area contributed by atoms with Gasteiger partial charge in [0.25, 0.3) is 5.56 Å². The highest BCUT2D eigenvalue weighted by Crippen LogP contribution is 2.22. The molecule has 0 spiro atoms. The Labute approximate surface area is 171 Å². The lowest BCUT2D eigenvalue weighted by atomic mass is 10.1. The van der Waals surface area contributed by atoms with Gasteiger partial charge in [0.2, 0.25) is 11.7 Å². The first-order valence-corrected chi connectivity index (χ1v) is 10.1. The second kappa shape index (κ2) is 8.32. The van der Waals surface area contributed by atoms with E-state index in [2.05, 4.69) is 15.2 Å². The molecule has 0 aliphatic carbocycles. The van der Waals surface area contributed by atoms with Crippen LogP contribution in [0.2, 0.25) is 0 Å². The van der Waals surface area contributed by atoms with E-state index in [1.165, 1.54) is 10.7 Å². The number of methoxy groups -OCH3 is 1. The third-order valence-corrected chi connectivity index (χ3v) is 5.08. The van der Waals surface area contributed by atoms with Crippen molar-refractivity contribution in [3.8, 4) is 28.4 Å². The lowest BCUT2D eigenvalue weighted by molar-refractivity contribution is 0.363. The predicted molar refractivity (Wildman–Crippen MR) is 111 cm³/mol. The first-order valence-electron chi connectivity index (χ1n) is 8.86. The van der Waals surface area contributed by atoms with E-state index in [4.69, 9.17) is 9.26 Å². The SMILES string of the molecule is COc1cccc(-c2ccc(=O)n(Cc3nc(-c4ccc(SC)cc4)no3)n2)c1. The fraction of sp³-hybridized carbons (Fsp3) is 0.143. The molecule has 29 heavy (non-hydrogen) atoms. The molecule has 7 nitrogen and oxygen atoms in total. The first kappa shape index (κ1) is 18.9. The van der Waals surface area contributed by atoms with Gasteiger partial charge in [-0.3, -0.25) is 4.79 Å². The summed E-state index contributed by atoms with van der Waals surface area (Å²) in [5, 5.41) is 8.45. The molecule has 0 radical (unpaired) electrons. The molecule has 0 atom stereocenters. The largest absolute Gasteiger partial charge is 0.497 e. The summed E-state index contributed by atoms with van der Waals surface area (Å²) >= 11 is 1.66. The van der Waals surface area contributed by atoms with Crippen molar-refractivity contribution < 1.29 is 9.26 Å². The monoisotopic (exact) mass is 406 g/mol. The van der Waals surface area contributed by atoms with E-state index in [9.17, 15) is 4.79 Å². The Kier molecular flexibility index (Phi) is 5.44. The zero-order valence-corrected chi connectivity index (χ0v) is 16.7. The number of rotatable bonds is 6. The fourth-order valence-corrected chi connectivity index (χ4v) is 3.21. The van der Waals surface area contributed by atoms with E-state index in [1.54, 1.807) is 24.9 Å². The van der Waals surface area contributed by atoms with Crippen molar-refractivity contribution >= 4 is 11.8 Å². The molecule has 4 aromatic rings. The van der Waals surface area contributed by atoms with Crippen molar-refractivity contribution in [2.45, 2.75) is 11.4 Å². The van der Waals surface area contributed by atoms with E-state index < -0.39 is 0 Å². The maximum absolute atomic E-state index is 12.3. The molecule has 0 amide bonds. The van der Waals surface area contributed by atoms with Crippen LogP contribution in [0.25, 0.3) is 22.6 Å². The molecule has 0 fully saturated rings. The summed E-state index contributed by atoms with van der Waals surface area (Å²) in [6.45, 7) is 0.0898. The Morgan fingerprint density at radius 3 is 2.66 bits per heavy atom. The minimum atomic E-state index is -0.249. The smallest absolute Gasteiger partial charge is 0.267 e. The Hall–Kier alpha value is -3.39. The molecule has 0 bridgehead atoms.